The molecule has 24 heavy (non-hydrogen) atoms. The van der Waals surface area contributed by atoms with E-state index in [1.54, 1.807) is 17.3 Å². The van der Waals surface area contributed by atoms with E-state index in [9.17, 15) is 19.3 Å². The highest BCUT2D eigenvalue weighted by atomic mass is 19.1. The average molecular weight is 330 g/mol. The second-order valence-electron chi connectivity index (χ2n) is 5.41. The van der Waals surface area contributed by atoms with E-state index < -0.39 is 16.4 Å². The maximum Gasteiger partial charge on any atom is 0.305 e. The van der Waals surface area contributed by atoms with Crippen LogP contribution in [0.15, 0.2) is 42.7 Å². The van der Waals surface area contributed by atoms with Gasteiger partial charge in [-0.1, -0.05) is 0 Å². The molecule has 124 valence electrons. The number of rotatable bonds is 3. The van der Waals surface area contributed by atoms with E-state index in [4.69, 9.17) is 0 Å². The summed E-state index contributed by atoms with van der Waals surface area (Å²) in [5.74, 6) is -1.27. The van der Waals surface area contributed by atoms with Gasteiger partial charge in [0.05, 0.1) is 4.92 Å². The molecule has 8 heteroatoms. The fourth-order valence-corrected chi connectivity index (χ4v) is 2.69. The van der Waals surface area contributed by atoms with Gasteiger partial charge in [-0.15, -0.1) is 0 Å². The summed E-state index contributed by atoms with van der Waals surface area (Å²) in [5, 5.41) is 10.8. The highest BCUT2D eigenvalue weighted by molar-refractivity contribution is 5.95. The fraction of sp³-hybridized carbons (Fsp3) is 0.250. The summed E-state index contributed by atoms with van der Waals surface area (Å²) in [6, 6.07) is 7.03. The minimum Gasteiger partial charge on any atom is -0.368 e. The molecule has 0 bridgehead atoms. The molecule has 3 rings (SSSR count). The first-order valence-corrected chi connectivity index (χ1v) is 7.44. The molecule has 1 aliphatic rings. The van der Waals surface area contributed by atoms with Crippen LogP contribution >= 0.6 is 0 Å². The van der Waals surface area contributed by atoms with Crippen molar-refractivity contribution < 1.29 is 14.1 Å². The van der Waals surface area contributed by atoms with Gasteiger partial charge in [0.25, 0.3) is 5.91 Å². The molecule has 2 aromatic rings. The zero-order chi connectivity index (χ0) is 17.1. The van der Waals surface area contributed by atoms with Crippen LogP contribution in [-0.4, -0.2) is 46.9 Å². The van der Waals surface area contributed by atoms with Crippen LogP contribution in [-0.2, 0) is 0 Å². The summed E-state index contributed by atoms with van der Waals surface area (Å²) in [7, 11) is 0. The Morgan fingerprint density at radius 1 is 1.12 bits per heavy atom. The van der Waals surface area contributed by atoms with Gasteiger partial charge in [-0.25, -0.2) is 0 Å². The second-order valence-corrected chi connectivity index (χ2v) is 5.41. The van der Waals surface area contributed by atoms with Crippen molar-refractivity contribution >= 4 is 17.3 Å². The lowest BCUT2D eigenvalue weighted by molar-refractivity contribution is -0.387. The third-order valence-corrected chi connectivity index (χ3v) is 3.98. The first-order chi connectivity index (χ1) is 11.6. The maximum atomic E-state index is 13.4. The van der Waals surface area contributed by atoms with Gasteiger partial charge in [0.2, 0.25) is 5.82 Å². The van der Waals surface area contributed by atoms with Gasteiger partial charge < -0.3 is 9.80 Å². The molecule has 0 radical (unpaired) electrons. The number of amides is 1. The lowest BCUT2D eigenvalue weighted by Gasteiger charge is -2.36. The van der Waals surface area contributed by atoms with E-state index in [-0.39, 0.29) is 11.5 Å². The van der Waals surface area contributed by atoms with E-state index in [1.165, 1.54) is 6.07 Å². The Morgan fingerprint density at radius 2 is 1.79 bits per heavy atom. The van der Waals surface area contributed by atoms with Crippen LogP contribution in [0.5, 0.6) is 0 Å². The van der Waals surface area contributed by atoms with Crippen molar-refractivity contribution in [3.05, 3.63) is 64.2 Å². The van der Waals surface area contributed by atoms with E-state index >= 15 is 0 Å². The van der Waals surface area contributed by atoms with Gasteiger partial charge in [0.1, 0.15) is 0 Å². The predicted octanol–water partition coefficient (Wildman–Crippen LogP) is 2.09. The van der Waals surface area contributed by atoms with Crippen LogP contribution in [0.25, 0.3) is 0 Å². The number of hydrogen-bond acceptors (Lipinski definition) is 5. The summed E-state index contributed by atoms with van der Waals surface area (Å²) in [5.41, 5.74) is 0.478. The summed E-state index contributed by atoms with van der Waals surface area (Å²) in [6.45, 7) is 2.29. The summed E-state index contributed by atoms with van der Waals surface area (Å²) in [6.07, 6.45) is 3.43. The van der Waals surface area contributed by atoms with E-state index in [2.05, 4.69) is 9.88 Å². The molecule has 0 N–H and O–H groups in total. The third-order valence-electron chi connectivity index (χ3n) is 3.98. The summed E-state index contributed by atoms with van der Waals surface area (Å²) >= 11 is 0. The standard InChI is InChI=1S/C16H15FN4O3/c17-14-2-1-12(11-15(14)21(23)24)16(22)20-9-7-19(8-10-20)13-3-5-18-6-4-13/h1-6,11H,7-10H2. The second kappa shape index (κ2) is 6.61. The summed E-state index contributed by atoms with van der Waals surface area (Å²) < 4.78 is 13.4. The minimum absolute atomic E-state index is 0.125. The van der Waals surface area contributed by atoms with Crippen LogP contribution in [0.1, 0.15) is 10.4 Å². The smallest absolute Gasteiger partial charge is 0.305 e. The number of nitro groups is 1. The number of nitro benzene ring substituents is 1. The fourth-order valence-electron chi connectivity index (χ4n) is 2.69. The van der Waals surface area contributed by atoms with Gasteiger partial charge in [0, 0.05) is 55.9 Å². The van der Waals surface area contributed by atoms with Crippen LogP contribution in [0.2, 0.25) is 0 Å². The molecule has 0 aliphatic carbocycles. The van der Waals surface area contributed by atoms with E-state index in [0.717, 1.165) is 17.8 Å². The number of nitrogens with zero attached hydrogens (tertiary/aromatic N) is 4. The Kier molecular flexibility index (Phi) is 4.37. The molecule has 0 atom stereocenters. The van der Waals surface area contributed by atoms with Crippen LogP contribution < -0.4 is 4.90 Å². The number of carbonyl (C=O) groups excluding carboxylic acids is 1. The molecule has 0 saturated carbocycles. The SMILES string of the molecule is O=C(c1ccc(F)c([N+](=O)[O-])c1)N1CCN(c2ccncc2)CC1. The quantitative estimate of drug-likeness (QED) is 0.636. The molecular formula is C16H15FN4O3. The van der Waals surface area contributed by atoms with E-state index in [1.807, 2.05) is 12.1 Å². The number of aromatic nitrogens is 1. The zero-order valence-corrected chi connectivity index (χ0v) is 12.8. The van der Waals surface area contributed by atoms with Crippen molar-refractivity contribution in [1.29, 1.82) is 0 Å². The number of halogens is 1. The monoisotopic (exact) mass is 330 g/mol. The minimum atomic E-state index is -0.945. The molecule has 1 aromatic heterocycles. The van der Waals surface area contributed by atoms with Crippen molar-refractivity contribution in [1.82, 2.24) is 9.88 Å². The van der Waals surface area contributed by atoms with Gasteiger partial charge in [-0.2, -0.15) is 4.39 Å². The van der Waals surface area contributed by atoms with Crippen molar-refractivity contribution in [3.8, 4) is 0 Å². The average Bonchev–Trinajstić information content (AvgIpc) is 2.62. The van der Waals surface area contributed by atoms with Crippen molar-refractivity contribution in [2.45, 2.75) is 0 Å². The van der Waals surface area contributed by atoms with Crippen molar-refractivity contribution in [2.75, 3.05) is 31.1 Å². The molecule has 0 spiro atoms. The molecule has 1 fully saturated rings. The largest absolute Gasteiger partial charge is 0.368 e. The molecule has 2 heterocycles. The van der Waals surface area contributed by atoms with Crippen LogP contribution in [0.4, 0.5) is 15.8 Å². The van der Waals surface area contributed by atoms with Gasteiger partial charge in [0.15, 0.2) is 0 Å². The van der Waals surface area contributed by atoms with Crippen LogP contribution in [0, 0.1) is 15.9 Å². The summed E-state index contributed by atoms with van der Waals surface area (Å²) in [4.78, 5) is 30.2. The van der Waals surface area contributed by atoms with Crippen LogP contribution in [0.3, 0.4) is 0 Å². The third kappa shape index (κ3) is 3.17. The van der Waals surface area contributed by atoms with Crippen molar-refractivity contribution in [2.24, 2.45) is 0 Å². The van der Waals surface area contributed by atoms with Gasteiger partial charge >= 0.3 is 5.69 Å². The number of benzene rings is 1. The lowest BCUT2D eigenvalue weighted by Crippen LogP contribution is -2.48. The molecule has 1 aliphatic heterocycles. The first-order valence-electron chi connectivity index (χ1n) is 7.44. The molecule has 1 amide bonds. The van der Waals surface area contributed by atoms with E-state index in [0.29, 0.717) is 26.2 Å². The Bertz CT molecular complexity index is 761. The normalized spacial score (nSPS) is 14.5. The highest BCUT2D eigenvalue weighted by Crippen LogP contribution is 2.21. The Balaban J connectivity index is 1.69. The number of anilines is 1. The van der Waals surface area contributed by atoms with Gasteiger partial charge in [-0.3, -0.25) is 19.9 Å². The lowest BCUT2D eigenvalue weighted by atomic mass is 10.1. The zero-order valence-electron chi connectivity index (χ0n) is 12.8. The topological polar surface area (TPSA) is 79.6 Å². The Morgan fingerprint density at radius 3 is 2.42 bits per heavy atom. The molecule has 1 saturated heterocycles. The number of hydrogen-bond donors (Lipinski definition) is 0. The first kappa shape index (κ1) is 15.9. The Hall–Kier alpha value is -3.03. The Labute approximate surface area is 137 Å². The molecule has 7 nitrogen and oxygen atoms in total. The highest BCUT2D eigenvalue weighted by Gasteiger charge is 2.24. The van der Waals surface area contributed by atoms with Crippen molar-refractivity contribution in [3.63, 3.8) is 0 Å². The molecular weight excluding hydrogens is 315 g/mol. The predicted molar refractivity (Wildman–Crippen MR) is 85.4 cm³/mol. The number of piperazine rings is 1. The number of carbonyl (C=O) groups is 1. The van der Waals surface area contributed by atoms with Gasteiger partial charge in [-0.05, 0) is 24.3 Å². The number of pyridine rings is 1. The molecule has 0 unspecified atom stereocenters. The maximum absolute atomic E-state index is 13.4. The molecule has 1 aromatic carbocycles.